The molecular formula is C16H16ClNO3. The van der Waals surface area contributed by atoms with Gasteiger partial charge in [-0.1, -0.05) is 17.7 Å². The van der Waals surface area contributed by atoms with Crippen LogP contribution in [0.25, 0.3) is 0 Å². The van der Waals surface area contributed by atoms with E-state index in [1.807, 2.05) is 24.3 Å². The Balaban J connectivity index is 1.70. The van der Waals surface area contributed by atoms with E-state index in [0.717, 1.165) is 17.7 Å². The topological polar surface area (TPSA) is 51.5 Å². The highest BCUT2D eigenvalue weighted by molar-refractivity contribution is 6.31. The summed E-state index contributed by atoms with van der Waals surface area (Å²) >= 11 is 6.15. The van der Waals surface area contributed by atoms with E-state index in [2.05, 4.69) is 5.32 Å². The molecule has 110 valence electrons. The minimum atomic E-state index is -0.0365. The van der Waals surface area contributed by atoms with Crippen LogP contribution in [0, 0.1) is 5.92 Å². The van der Waals surface area contributed by atoms with Crippen LogP contribution in [0.5, 0.6) is 0 Å². The maximum absolute atomic E-state index is 12.3. The summed E-state index contributed by atoms with van der Waals surface area (Å²) < 4.78 is 10.5. The number of rotatable bonds is 5. The quantitative estimate of drug-likeness (QED) is 0.913. The molecule has 5 heteroatoms. The third-order valence-corrected chi connectivity index (χ3v) is 4.06. The number of carbonyl (C=O) groups is 1. The summed E-state index contributed by atoms with van der Waals surface area (Å²) in [4.78, 5) is 12.3. The monoisotopic (exact) mass is 305 g/mol. The van der Waals surface area contributed by atoms with Crippen molar-refractivity contribution in [3.05, 3.63) is 52.9 Å². The maximum Gasteiger partial charge on any atom is 0.228 e. The van der Waals surface area contributed by atoms with Gasteiger partial charge in [0.05, 0.1) is 12.9 Å². The van der Waals surface area contributed by atoms with Gasteiger partial charge < -0.3 is 14.5 Å². The molecule has 4 nitrogen and oxygen atoms in total. The Morgan fingerprint density at radius 3 is 3.00 bits per heavy atom. The zero-order chi connectivity index (χ0) is 14.8. The Kier molecular flexibility index (Phi) is 3.99. The average Bonchev–Trinajstić information content (AvgIpc) is 3.09. The van der Waals surface area contributed by atoms with Crippen molar-refractivity contribution in [1.29, 1.82) is 0 Å². The second-order valence-corrected chi connectivity index (χ2v) is 5.56. The van der Waals surface area contributed by atoms with Crippen LogP contribution >= 0.6 is 11.6 Å². The highest BCUT2D eigenvalue weighted by Gasteiger charge is 2.45. The van der Waals surface area contributed by atoms with Gasteiger partial charge in [0.2, 0.25) is 5.91 Å². The lowest BCUT2D eigenvalue weighted by Crippen LogP contribution is -2.16. The van der Waals surface area contributed by atoms with Crippen molar-refractivity contribution < 1.29 is 13.9 Å². The largest absolute Gasteiger partial charge is 0.469 e. The number of ether oxygens (including phenoxy) is 1. The molecule has 0 radical (unpaired) electrons. The molecule has 2 aromatic rings. The molecule has 0 bridgehead atoms. The molecule has 1 aromatic heterocycles. The van der Waals surface area contributed by atoms with Crippen molar-refractivity contribution in [2.24, 2.45) is 5.92 Å². The van der Waals surface area contributed by atoms with Crippen molar-refractivity contribution in [2.45, 2.75) is 18.9 Å². The van der Waals surface area contributed by atoms with Crippen molar-refractivity contribution in [2.75, 3.05) is 12.4 Å². The molecule has 21 heavy (non-hydrogen) atoms. The molecule has 0 unspecified atom stereocenters. The summed E-state index contributed by atoms with van der Waals surface area (Å²) in [6.07, 6.45) is 2.45. The van der Waals surface area contributed by atoms with Crippen LogP contribution in [0.15, 0.2) is 41.0 Å². The van der Waals surface area contributed by atoms with Gasteiger partial charge in [-0.15, -0.1) is 0 Å². The molecule has 1 saturated carbocycles. The van der Waals surface area contributed by atoms with E-state index < -0.39 is 0 Å². The van der Waals surface area contributed by atoms with E-state index in [1.165, 1.54) is 0 Å². The number of hydrogen-bond acceptors (Lipinski definition) is 3. The first-order chi connectivity index (χ1) is 10.2. The number of amides is 1. The number of anilines is 1. The smallest absolute Gasteiger partial charge is 0.228 e. The summed E-state index contributed by atoms with van der Waals surface area (Å²) in [6.45, 7) is 0.363. The van der Waals surface area contributed by atoms with Crippen molar-refractivity contribution in [3.63, 3.8) is 0 Å². The summed E-state index contributed by atoms with van der Waals surface area (Å²) in [5, 5.41) is 3.54. The third-order valence-electron chi connectivity index (χ3n) is 3.70. The number of furan rings is 1. The molecule has 3 rings (SSSR count). The second-order valence-electron chi connectivity index (χ2n) is 5.15. The molecular weight excluding hydrogens is 290 g/mol. The Morgan fingerprint density at radius 1 is 1.43 bits per heavy atom. The standard InChI is InChI=1S/C16H16ClNO3/c1-20-9-12-13(17)4-2-5-14(12)18-16(19)11-8-10(11)15-6-3-7-21-15/h2-7,10-11H,8-9H2,1H3,(H,18,19)/t10-,11-/m1/s1. The first-order valence-corrected chi connectivity index (χ1v) is 7.19. The van der Waals surface area contributed by atoms with Crippen LogP contribution in [0.2, 0.25) is 5.02 Å². The van der Waals surface area contributed by atoms with E-state index in [1.54, 1.807) is 19.4 Å². The molecule has 1 fully saturated rings. The van der Waals surface area contributed by atoms with Crippen LogP contribution in [0.4, 0.5) is 5.69 Å². The van der Waals surface area contributed by atoms with Crippen molar-refractivity contribution in [3.8, 4) is 0 Å². The third kappa shape index (κ3) is 2.96. The molecule has 0 saturated heterocycles. The zero-order valence-electron chi connectivity index (χ0n) is 11.6. The van der Waals surface area contributed by atoms with E-state index in [9.17, 15) is 4.79 Å². The van der Waals surface area contributed by atoms with Gasteiger partial charge in [-0.05, 0) is 30.7 Å². The molecule has 1 aromatic carbocycles. The summed E-state index contributed by atoms with van der Waals surface area (Å²) in [7, 11) is 1.60. The summed E-state index contributed by atoms with van der Waals surface area (Å²) in [5.41, 5.74) is 1.50. The SMILES string of the molecule is COCc1c(Cl)cccc1NC(=O)[C@@H]1C[C@H]1c1ccco1. The fraction of sp³-hybridized carbons (Fsp3) is 0.312. The Hall–Kier alpha value is -1.78. The lowest BCUT2D eigenvalue weighted by molar-refractivity contribution is -0.117. The molecule has 0 aliphatic heterocycles. The van der Waals surface area contributed by atoms with Gasteiger partial charge in [0, 0.05) is 35.2 Å². The lowest BCUT2D eigenvalue weighted by Gasteiger charge is -2.12. The van der Waals surface area contributed by atoms with E-state index in [-0.39, 0.29) is 17.7 Å². The van der Waals surface area contributed by atoms with Crippen LogP contribution in [0.1, 0.15) is 23.7 Å². The molecule has 1 heterocycles. The summed E-state index contributed by atoms with van der Waals surface area (Å²) in [5.74, 6) is 1.02. The first-order valence-electron chi connectivity index (χ1n) is 6.81. The number of methoxy groups -OCH3 is 1. The minimum Gasteiger partial charge on any atom is -0.469 e. The highest BCUT2D eigenvalue weighted by atomic mass is 35.5. The van der Waals surface area contributed by atoms with Crippen molar-refractivity contribution in [1.82, 2.24) is 0 Å². The van der Waals surface area contributed by atoms with E-state index in [4.69, 9.17) is 20.8 Å². The number of benzene rings is 1. The van der Waals surface area contributed by atoms with Crippen LogP contribution < -0.4 is 5.32 Å². The molecule has 1 N–H and O–H groups in total. The molecule has 1 amide bonds. The molecule has 1 aliphatic carbocycles. The van der Waals surface area contributed by atoms with Crippen LogP contribution in [0.3, 0.4) is 0 Å². The Bertz CT molecular complexity index is 639. The van der Waals surface area contributed by atoms with E-state index >= 15 is 0 Å². The number of carbonyl (C=O) groups excluding carboxylic acids is 1. The number of hydrogen-bond donors (Lipinski definition) is 1. The molecule has 0 spiro atoms. The normalized spacial score (nSPS) is 20.3. The average molecular weight is 306 g/mol. The lowest BCUT2D eigenvalue weighted by atomic mass is 10.1. The van der Waals surface area contributed by atoms with Gasteiger partial charge in [0.25, 0.3) is 0 Å². The van der Waals surface area contributed by atoms with Gasteiger partial charge in [0.15, 0.2) is 0 Å². The van der Waals surface area contributed by atoms with Gasteiger partial charge in [-0.25, -0.2) is 0 Å². The van der Waals surface area contributed by atoms with Gasteiger partial charge in [-0.2, -0.15) is 0 Å². The predicted octanol–water partition coefficient (Wildman–Crippen LogP) is 3.82. The van der Waals surface area contributed by atoms with Crippen LogP contribution in [-0.4, -0.2) is 13.0 Å². The summed E-state index contributed by atoms with van der Waals surface area (Å²) in [6, 6.07) is 9.19. The molecule has 2 atom stereocenters. The zero-order valence-corrected chi connectivity index (χ0v) is 12.4. The van der Waals surface area contributed by atoms with E-state index in [0.29, 0.717) is 17.3 Å². The highest BCUT2D eigenvalue weighted by Crippen LogP contribution is 2.48. The minimum absolute atomic E-state index is 0.00369. The fourth-order valence-corrected chi connectivity index (χ4v) is 2.72. The Labute approximate surface area is 128 Å². The number of halogens is 1. The fourth-order valence-electron chi connectivity index (χ4n) is 2.49. The maximum atomic E-state index is 12.3. The second kappa shape index (κ2) is 5.92. The molecule has 1 aliphatic rings. The van der Waals surface area contributed by atoms with Crippen LogP contribution in [-0.2, 0) is 16.1 Å². The number of nitrogens with one attached hydrogen (secondary N) is 1. The van der Waals surface area contributed by atoms with Gasteiger partial charge in [0.1, 0.15) is 5.76 Å². The van der Waals surface area contributed by atoms with Crippen molar-refractivity contribution >= 4 is 23.2 Å². The first kappa shape index (κ1) is 14.2. The Morgan fingerprint density at radius 2 is 2.29 bits per heavy atom. The van der Waals surface area contributed by atoms with Gasteiger partial charge >= 0.3 is 0 Å². The van der Waals surface area contributed by atoms with Gasteiger partial charge in [-0.3, -0.25) is 4.79 Å². The predicted molar refractivity (Wildman–Crippen MR) is 80.4 cm³/mol.